The Morgan fingerprint density at radius 3 is 2.20 bits per heavy atom. The van der Waals surface area contributed by atoms with Gasteiger partial charge in [-0.05, 0) is 44.0 Å². The zero-order valence-electron chi connectivity index (χ0n) is 12.3. The highest BCUT2D eigenvalue weighted by Gasteiger charge is 2.25. The summed E-state index contributed by atoms with van der Waals surface area (Å²) in [5, 5.41) is 3.25. The number of hydrogen-bond donors (Lipinski definition) is 1. The van der Waals surface area contributed by atoms with E-state index in [0.717, 1.165) is 11.3 Å². The molecule has 1 atom stereocenters. The lowest BCUT2D eigenvalue weighted by molar-refractivity contribution is -0.135. The summed E-state index contributed by atoms with van der Waals surface area (Å²) >= 11 is 0. The van der Waals surface area contributed by atoms with E-state index in [1.807, 2.05) is 50.2 Å². The zero-order valence-corrected chi connectivity index (χ0v) is 12.3. The average molecular weight is 288 g/mol. The van der Waals surface area contributed by atoms with Crippen molar-refractivity contribution in [2.75, 3.05) is 25.5 Å². The Morgan fingerprint density at radius 2 is 1.70 bits per heavy atom. The Bertz CT molecular complexity index is 385. The second-order valence-electron chi connectivity index (χ2n) is 5.23. The van der Waals surface area contributed by atoms with Gasteiger partial charge in [-0.25, -0.2) is 0 Å². The molecule has 0 aliphatic heterocycles. The third-order valence-corrected chi connectivity index (χ3v) is 3.25. The molecule has 0 aromatic heterocycles. The first-order valence-corrected chi connectivity index (χ1v) is 6.87. The molecule has 1 aromatic rings. The molecule has 114 valence electrons. The molecule has 0 spiro atoms. The average Bonchev–Trinajstić information content (AvgIpc) is 2.37. The minimum atomic E-state index is -4.03. The molecular formula is C15H23F3N2. The minimum Gasteiger partial charge on any atom is -0.378 e. The molecule has 0 heterocycles. The van der Waals surface area contributed by atoms with E-state index in [1.54, 1.807) is 0 Å². The number of unbranched alkanes of at least 4 members (excludes halogenated alkanes) is 1. The standard InChI is InChI=1S/C15H23F3N2/c1-12(19-11-5-4-10-15(16,17)18)13-6-8-14(9-7-13)20(2)3/h6-9,12,19H,4-5,10-11H2,1-3H3. The molecule has 20 heavy (non-hydrogen) atoms. The van der Waals surface area contributed by atoms with Gasteiger partial charge in [-0.2, -0.15) is 13.2 Å². The first-order valence-electron chi connectivity index (χ1n) is 6.87. The SMILES string of the molecule is CC(NCCCCC(F)(F)F)c1ccc(N(C)C)cc1. The van der Waals surface area contributed by atoms with Gasteiger partial charge in [0.15, 0.2) is 0 Å². The third kappa shape index (κ3) is 6.28. The molecule has 1 unspecified atom stereocenters. The summed E-state index contributed by atoms with van der Waals surface area (Å²) in [6.45, 7) is 2.63. The maximum Gasteiger partial charge on any atom is 0.389 e. The van der Waals surface area contributed by atoms with E-state index in [4.69, 9.17) is 0 Å². The molecule has 2 nitrogen and oxygen atoms in total. The summed E-state index contributed by atoms with van der Waals surface area (Å²) in [4.78, 5) is 2.03. The summed E-state index contributed by atoms with van der Waals surface area (Å²) in [5.74, 6) is 0. The fourth-order valence-corrected chi connectivity index (χ4v) is 1.95. The second-order valence-corrected chi connectivity index (χ2v) is 5.23. The molecule has 0 radical (unpaired) electrons. The highest BCUT2D eigenvalue weighted by molar-refractivity contribution is 5.46. The van der Waals surface area contributed by atoms with Crippen molar-refractivity contribution in [1.82, 2.24) is 5.32 Å². The van der Waals surface area contributed by atoms with Crippen LogP contribution < -0.4 is 10.2 Å². The van der Waals surface area contributed by atoms with Gasteiger partial charge in [0.05, 0.1) is 0 Å². The molecule has 0 amide bonds. The van der Waals surface area contributed by atoms with E-state index < -0.39 is 12.6 Å². The van der Waals surface area contributed by atoms with E-state index >= 15 is 0 Å². The Hall–Kier alpha value is -1.23. The predicted octanol–water partition coefficient (Wildman–Crippen LogP) is 4.14. The van der Waals surface area contributed by atoms with Gasteiger partial charge in [-0.15, -0.1) is 0 Å². The Kier molecular flexibility index (Phi) is 6.33. The zero-order chi connectivity index (χ0) is 15.2. The van der Waals surface area contributed by atoms with Gasteiger partial charge in [-0.1, -0.05) is 12.1 Å². The molecule has 0 aliphatic carbocycles. The van der Waals surface area contributed by atoms with Crippen LogP contribution in [0, 0.1) is 0 Å². The number of rotatable bonds is 7. The summed E-state index contributed by atoms with van der Waals surface area (Å²) in [6, 6.07) is 8.32. The van der Waals surface area contributed by atoms with Crippen molar-refractivity contribution in [1.29, 1.82) is 0 Å². The maximum absolute atomic E-state index is 12.0. The monoisotopic (exact) mass is 288 g/mol. The number of alkyl halides is 3. The van der Waals surface area contributed by atoms with E-state index in [2.05, 4.69) is 5.32 Å². The second kappa shape index (κ2) is 7.53. The highest BCUT2D eigenvalue weighted by atomic mass is 19.4. The summed E-state index contributed by atoms with van der Waals surface area (Å²) in [7, 11) is 3.97. The largest absolute Gasteiger partial charge is 0.389 e. The quantitative estimate of drug-likeness (QED) is 0.759. The number of benzene rings is 1. The van der Waals surface area contributed by atoms with Gasteiger partial charge in [0.2, 0.25) is 0 Å². The predicted molar refractivity (Wildman–Crippen MR) is 77.1 cm³/mol. The Balaban J connectivity index is 2.30. The van der Waals surface area contributed by atoms with Crippen LogP contribution >= 0.6 is 0 Å². The van der Waals surface area contributed by atoms with E-state index in [0.29, 0.717) is 13.0 Å². The fourth-order valence-electron chi connectivity index (χ4n) is 1.95. The van der Waals surface area contributed by atoms with Gasteiger partial charge in [0.25, 0.3) is 0 Å². The molecule has 0 saturated heterocycles. The molecular weight excluding hydrogens is 265 g/mol. The summed E-state index contributed by atoms with van der Waals surface area (Å²) in [6.07, 6.45) is -4.00. The fraction of sp³-hybridized carbons (Fsp3) is 0.600. The van der Waals surface area contributed by atoms with Crippen molar-refractivity contribution in [2.24, 2.45) is 0 Å². The molecule has 1 rings (SSSR count). The van der Waals surface area contributed by atoms with Crippen molar-refractivity contribution in [3.8, 4) is 0 Å². The van der Waals surface area contributed by atoms with Crippen molar-refractivity contribution >= 4 is 5.69 Å². The maximum atomic E-state index is 12.0. The normalized spacial score (nSPS) is 13.3. The molecule has 0 saturated carbocycles. The molecule has 0 aliphatic rings. The van der Waals surface area contributed by atoms with Crippen LogP contribution in [0.4, 0.5) is 18.9 Å². The summed E-state index contributed by atoms with van der Waals surface area (Å²) < 4.78 is 36.0. The van der Waals surface area contributed by atoms with Crippen molar-refractivity contribution in [3.05, 3.63) is 29.8 Å². The van der Waals surface area contributed by atoms with E-state index in [9.17, 15) is 13.2 Å². The first-order chi connectivity index (χ1) is 9.29. The smallest absolute Gasteiger partial charge is 0.378 e. The minimum absolute atomic E-state index is 0.150. The number of halogens is 3. The number of anilines is 1. The van der Waals surface area contributed by atoms with Crippen molar-refractivity contribution in [2.45, 2.75) is 38.4 Å². The molecule has 5 heteroatoms. The van der Waals surface area contributed by atoms with Crippen LogP contribution in [0.25, 0.3) is 0 Å². The van der Waals surface area contributed by atoms with Crippen molar-refractivity contribution < 1.29 is 13.2 Å². The van der Waals surface area contributed by atoms with E-state index in [1.165, 1.54) is 0 Å². The lowest BCUT2D eigenvalue weighted by Gasteiger charge is -2.17. The van der Waals surface area contributed by atoms with Crippen LogP contribution in [0.5, 0.6) is 0 Å². The molecule has 1 N–H and O–H groups in total. The first kappa shape index (κ1) is 16.8. The number of nitrogens with one attached hydrogen (secondary N) is 1. The van der Waals surface area contributed by atoms with Crippen LogP contribution in [0.2, 0.25) is 0 Å². The lowest BCUT2D eigenvalue weighted by Crippen LogP contribution is -2.20. The highest BCUT2D eigenvalue weighted by Crippen LogP contribution is 2.22. The van der Waals surface area contributed by atoms with Crippen LogP contribution in [-0.4, -0.2) is 26.8 Å². The van der Waals surface area contributed by atoms with Gasteiger partial charge in [0.1, 0.15) is 0 Å². The number of nitrogens with zero attached hydrogens (tertiary/aromatic N) is 1. The van der Waals surface area contributed by atoms with Crippen LogP contribution in [0.3, 0.4) is 0 Å². The Labute approximate surface area is 119 Å². The van der Waals surface area contributed by atoms with Gasteiger partial charge < -0.3 is 10.2 Å². The molecule has 1 aromatic carbocycles. The summed E-state index contributed by atoms with van der Waals surface area (Å²) in [5.41, 5.74) is 2.28. The van der Waals surface area contributed by atoms with Crippen LogP contribution in [-0.2, 0) is 0 Å². The topological polar surface area (TPSA) is 15.3 Å². The third-order valence-electron chi connectivity index (χ3n) is 3.25. The van der Waals surface area contributed by atoms with E-state index in [-0.39, 0.29) is 12.5 Å². The van der Waals surface area contributed by atoms with Gasteiger partial charge in [0, 0.05) is 32.2 Å². The lowest BCUT2D eigenvalue weighted by atomic mass is 10.1. The van der Waals surface area contributed by atoms with Gasteiger partial charge >= 0.3 is 6.18 Å². The Morgan fingerprint density at radius 1 is 1.10 bits per heavy atom. The van der Waals surface area contributed by atoms with Crippen molar-refractivity contribution in [3.63, 3.8) is 0 Å². The molecule has 0 bridgehead atoms. The van der Waals surface area contributed by atoms with Crippen LogP contribution in [0.15, 0.2) is 24.3 Å². The number of hydrogen-bond acceptors (Lipinski definition) is 2. The molecule has 0 fully saturated rings. The van der Waals surface area contributed by atoms with Crippen LogP contribution in [0.1, 0.15) is 37.8 Å². The van der Waals surface area contributed by atoms with Gasteiger partial charge in [-0.3, -0.25) is 0 Å².